The van der Waals surface area contributed by atoms with E-state index in [1.165, 1.54) is 11.8 Å². The van der Waals surface area contributed by atoms with E-state index >= 15 is 0 Å². The van der Waals surface area contributed by atoms with Crippen molar-refractivity contribution in [1.29, 1.82) is 0 Å². The fourth-order valence-electron chi connectivity index (χ4n) is 1.64. The van der Waals surface area contributed by atoms with Gasteiger partial charge in [0.1, 0.15) is 0 Å². The van der Waals surface area contributed by atoms with E-state index in [2.05, 4.69) is 15.5 Å². The van der Waals surface area contributed by atoms with Crippen molar-refractivity contribution in [1.82, 2.24) is 14.8 Å². The number of hydrogen-bond donors (Lipinski definition) is 2. The van der Waals surface area contributed by atoms with Gasteiger partial charge in [0.15, 0.2) is 5.16 Å². The lowest BCUT2D eigenvalue weighted by molar-refractivity contribution is -0.113. The fraction of sp³-hybridized carbons (Fsp3) is 0.308. The molecule has 0 saturated carbocycles. The first-order chi connectivity index (χ1) is 9.47. The fourth-order valence-corrected chi connectivity index (χ4v) is 2.36. The lowest BCUT2D eigenvalue weighted by atomic mass is 10.1. The molecule has 0 spiro atoms. The number of carbonyl (C=O) groups is 1. The summed E-state index contributed by atoms with van der Waals surface area (Å²) in [6.45, 7) is 3.96. The molecule has 20 heavy (non-hydrogen) atoms. The Bertz CT molecular complexity index is 638. The minimum atomic E-state index is -0.0785. The average molecular weight is 291 g/mol. The Morgan fingerprint density at radius 3 is 2.80 bits per heavy atom. The minimum Gasteiger partial charge on any atom is -0.368 e. The van der Waals surface area contributed by atoms with Crippen LogP contribution in [0.1, 0.15) is 11.1 Å². The highest BCUT2D eigenvalue weighted by atomic mass is 32.2. The molecule has 0 radical (unpaired) electrons. The number of aromatic nitrogens is 3. The van der Waals surface area contributed by atoms with Gasteiger partial charge in [-0.2, -0.15) is 0 Å². The van der Waals surface area contributed by atoms with Crippen LogP contribution in [0.2, 0.25) is 0 Å². The second-order valence-corrected chi connectivity index (χ2v) is 5.50. The van der Waals surface area contributed by atoms with E-state index in [-0.39, 0.29) is 11.7 Å². The molecule has 0 saturated heterocycles. The summed E-state index contributed by atoms with van der Waals surface area (Å²) in [4.78, 5) is 11.9. The number of carbonyl (C=O) groups excluding carboxylic acids is 1. The first-order valence-electron chi connectivity index (χ1n) is 6.12. The Morgan fingerprint density at radius 1 is 1.40 bits per heavy atom. The Balaban J connectivity index is 1.96. The van der Waals surface area contributed by atoms with Crippen molar-refractivity contribution in [3.63, 3.8) is 0 Å². The summed E-state index contributed by atoms with van der Waals surface area (Å²) in [6, 6.07) is 5.96. The first-order valence-corrected chi connectivity index (χ1v) is 7.10. The highest BCUT2D eigenvalue weighted by Crippen LogP contribution is 2.19. The Labute approximate surface area is 121 Å². The van der Waals surface area contributed by atoms with Crippen molar-refractivity contribution < 1.29 is 4.79 Å². The number of benzene rings is 1. The van der Waals surface area contributed by atoms with E-state index in [1.807, 2.05) is 32.0 Å². The molecule has 0 unspecified atom stereocenters. The van der Waals surface area contributed by atoms with Crippen molar-refractivity contribution in [2.45, 2.75) is 19.0 Å². The van der Waals surface area contributed by atoms with Gasteiger partial charge in [0.2, 0.25) is 11.9 Å². The predicted molar refractivity (Wildman–Crippen MR) is 80.7 cm³/mol. The van der Waals surface area contributed by atoms with Gasteiger partial charge in [-0.15, -0.1) is 10.2 Å². The van der Waals surface area contributed by atoms with Gasteiger partial charge < -0.3 is 11.1 Å². The van der Waals surface area contributed by atoms with E-state index in [0.717, 1.165) is 16.8 Å². The molecule has 1 aromatic carbocycles. The quantitative estimate of drug-likeness (QED) is 0.838. The van der Waals surface area contributed by atoms with Crippen LogP contribution >= 0.6 is 11.8 Å². The molecule has 3 N–H and O–H groups in total. The summed E-state index contributed by atoms with van der Waals surface area (Å²) in [5, 5.41) is 11.2. The van der Waals surface area contributed by atoms with Crippen molar-refractivity contribution in [3.05, 3.63) is 29.3 Å². The second-order valence-electron chi connectivity index (χ2n) is 4.56. The van der Waals surface area contributed by atoms with Crippen LogP contribution in [0.5, 0.6) is 0 Å². The zero-order valence-electron chi connectivity index (χ0n) is 11.7. The van der Waals surface area contributed by atoms with Gasteiger partial charge in [-0.05, 0) is 31.0 Å². The standard InChI is InChI=1S/C13H17N5OS/c1-8-4-5-9(2)10(6-8)15-11(19)7-20-13-17-16-12(14)18(13)3/h4-6H,7H2,1-3H3,(H2,14,16)(H,15,19). The molecule has 6 nitrogen and oxygen atoms in total. The molecule has 106 valence electrons. The predicted octanol–water partition coefficient (Wildman–Crippen LogP) is 1.74. The number of nitrogens with two attached hydrogens (primary N) is 1. The third-order valence-electron chi connectivity index (χ3n) is 2.87. The molecule has 0 aliphatic carbocycles. The molecule has 1 heterocycles. The van der Waals surface area contributed by atoms with Crippen LogP contribution in [-0.4, -0.2) is 26.4 Å². The highest BCUT2D eigenvalue weighted by Gasteiger charge is 2.10. The number of nitrogens with one attached hydrogen (secondary N) is 1. The van der Waals surface area contributed by atoms with Crippen LogP contribution in [0.3, 0.4) is 0 Å². The Kier molecular flexibility index (Phi) is 4.29. The molecule has 0 fully saturated rings. The van der Waals surface area contributed by atoms with Crippen LogP contribution < -0.4 is 11.1 Å². The number of thioether (sulfide) groups is 1. The summed E-state index contributed by atoms with van der Waals surface area (Å²) < 4.78 is 1.65. The van der Waals surface area contributed by atoms with Gasteiger partial charge in [-0.25, -0.2) is 0 Å². The van der Waals surface area contributed by atoms with E-state index < -0.39 is 0 Å². The third kappa shape index (κ3) is 3.30. The van der Waals surface area contributed by atoms with E-state index in [9.17, 15) is 4.79 Å². The maximum absolute atomic E-state index is 11.9. The number of amides is 1. The molecular formula is C13H17N5OS. The highest BCUT2D eigenvalue weighted by molar-refractivity contribution is 7.99. The van der Waals surface area contributed by atoms with Gasteiger partial charge in [-0.1, -0.05) is 23.9 Å². The summed E-state index contributed by atoms with van der Waals surface area (Å²) in [6.07, 6.45) is 0. The number of nitrogen functional groups attached to an aromatic ring is 1. The molecule has 2 aromatic rings. The largest absolute Gasteiger partial charge is 0.368 e. The number of aryl methyl sites for hydroxylation is 2. The molecule has 7 heteroatoms. The summed E-state index contributed by atoms with van der Waals surface area (Å²) in [7, 11) is 1.76. The molecule has 1 amide bonds. The molecular weight excluding hydrogens is 274 g/mol. The molecule has 0 aliphatic heterocycles. The monoisotopic (exact) mass is 291 g/mol. The van der Waals surface area contributed by atoms with Gasteiger partial charge in [0.25, 0.3) is 0 Å². The normalized spacial score (nSPS) is 10.6. The Morgan fingerprint density at radius 2 is 2.15 bits per heavy atom. The SMILES string of the molecule is Cc1ccc(C)c(NC(=O)CSc2nnc(N)n2C)c1. The van der Waals surface area contributed by atoms with Gasteiger partial charge in [-0.3, -0.25) is 9.36 Å². The van der Waals surface area contributed by atoms with E-state index in [1.54, 1.807) is 11.6 Å². The third-order valence-corrected chi connectivity index (χ3v) is 3.89. The Hall–Kier alpha value is -2.02. The van der Waals surface area contributed by atoms with Gasteiger partial charge >= 0.3 is 0 Å². The van der Waals surface area contributed by atoms with Crippen LogP contribution in [0.25, 0.3) is 0 Å². The summed E-state index contributed by atoms with van der Waals surface area (Å²) >= 11 is 1.30. The van der Waals surface area contributed by atoms with Gasteiger partial charge in [0.05, 0.1) is 5.75 Å². The van der Waals surface area contributed by atoms with E-state index in [0.29, 0.717) is 11.1 Å². The molecule has 0 bridgehead atoms. The number of hydrogen-bond acceptors (Lipinski definition) is 5. The van der Waals surface area contributed by atoms with Crippen molar-refractivity contribution >= 4 is 29.3 Å². The number of rotatable bonds is 4. The first kappa shape index (κ1) is 14.4. The molecule has 0 aliphatic rings. The van der Waals surface area contributed by atoms with Crippen LogP contribution in [0.4, 0.5) is 11.6 Å². The summed E-state index contributed by atoms with van der Waals surface area (Å²) in [5.74, 6) is 0.520. The van der Waals surface area contributed by atoms with Crippen molar-refractivity contribution in [3.8, 4) is 0 Å². The van der Waals surface area contributed by atoms with Crippen LogP contribution in [0.15, 0.2) is 23.4 Å². The second kappa shape index (κ2) is 5.96. The maximum Gasteiger partial charge on any atom is 0.234 e. The topological polar surface area (TPSA) is 85.8 Å². The summed E-state index contributed by atoms with van der Waals surface area (Å²) in [5.41, 5.74) is 8.57. The smallest absolute Gasteiger partial charge is 0.234 e. The minimum absolute atomic E-state index is 0.0785. The zero-order valence-corrected chi connectivity index (χ0v) is 12.5. The van der Waals surface area contributed by atoms with Crippen LogP contribution in [0, 0.1) is 13.8 Å². The average Bonchev–Trinajstić information content (AvgIpc) is 2.72. The van der Waals surface area contributed by atoms with Gasteiger partial charge in [0, 0.05) is 12.7 Å². The molecule has 0 atom stereocenters. The maximum atomic E-state index is 11.9. The lowest BCUT2D eigenvalue weighted by Crippen LogP contribution is -2.15. The van der Waals surface area contributed by atoms with E-state index in [4.69, 9.17) is 5.73 Å². The zero-order chi connectivity index (χ0) is 14.7. The number of nitrogens with zero attached hydrogens (tertiary/aromatic N) is 3. The number of anilines is 2. The van der Waals surface area contributed by atoms with Crippen molar-refractivity contribution in [2.75, 3.05) is 16.8 Å². The molecule has 1 aromatic heterocycles. The van der Waals surface area contributed by atoms with Crippen LogP contribution in [-0.2, 0) is 11.8 Å². The lowest BCUT2D eigenvalue weighted by Gasteiger charge is -2.09. The van der Waals surface area contributed by atoms with Crippen molar-refractivity contribution in [2.24, 2.45) is 7.05 Å². The molecule has 2 rings (SSSR count).